The van der Waals surface area contributed by atoms with E-state index in [0.29, 0.717) is 30.4 Å². The topological polar surface area (TPSA) is 111 Å². The highest BCUT2D eigenvalue weighted by atomic mass is 16.5. The third kappa shape index (κ3) is 4.37. The summed E-state index contributed by atoms with van der Waals surface area (Å²) in [7, 11) is 1.58. The molecule has 9 heteroatoms. The van der Waals surface area contributed by atoms with Gasteiger partial charge in [0.15, 0.2) is 0 Å². The van der Waals surface area contributed by atoms with Crippen molar-refractivity contribution in [2.24, 2.45) is 0 Å². The molecular weight excluding hydrogens is 414 g/mol. The molecule has 1 aromatic carbocycles. The Balaban J connectivity index is 1.44. The number of ether oxygens (including phenoxy) is 2. The fourth-order valence-electron chi connectivity index (χ4n) is 3.32. The number of hydrogen-bond donors (Lipinski definition) is 1. The molecule has 0 spiro atoms. The Hall–Kier alpha value is -3.98. The van der Waals surface area contributed by atoms with Gasteiger partial charge in [-0.2, -0.15) is 0 Å². The summed E-state index contributed by atoms with van der Waals surface area (Å²) >= 11 is 0. The van der Waals surface area contributed by atoms with E-state index in [2.05, 4.69) is 10.3 Å². The zero-order valence-corrected chi connectivity index (χ0v) is 17.4. The molecule has 164 valence electrons. The molecular formula is C23H21N3O6. The molecule has 0 saturated carbocycles. The van der Waals surface area contributed by atoms with Crippen LogP contribution in [0.2, 0.25) is 0 Å². The summed E-state index contributed by atoms with van der Waals surface area (Å²) in [6, 6.07) is 11.4. The van der Waals surface area contributed by atoms with Gasteiger partial charge in [0, 0.05) is 31.0 Å². The van der Waals surface area contributed by atoms with Gasteiger partial charge in [0.25, 0.3) is 17.7 Å². The molecule has 1 N–H and O–H groups in total. The number of methoxy groups -OCH3 is 1. The van der Waals surface area contributed by atoms with Gasteiger partial charge in [0.2, 0.25) is 5.88 Å². The van der Waals surface area contributed by atoms with E-state index >= 15 is 0 Å². The number of aromatic nitrogens is 1. The molecule has 2 aromatic heterocycles. The first-order valence-electron chi connectivity index (χ1n) is 9.95. The van der Waals surface area contributed by atoms with E-state index in [1.54, 1.807) is 37.6 Å². The summed E-state index contributed by atoms with van der Waals surface area (Å²) < 4.78 is 15.8. The van der Waals surface area contributed by atoms with Crippen molar-refractivity contribution in [3.8, 4) is 5.88 Å². The number of pyridine rings is 1. The van der Waals surface area contributed by atoms with Crippen LogP contribution in [-0.4, -0.2) is 47.9 Å². The van der Waals surface area contributed by atoms with Gasteiger partial charge in [0.05, 0.1) is 30.5 Å². The van der Waals surface area contributed by atoms with E-state index < -0.39 is 11.8 Å². The first kappa shape index (κ1) is 21.3. The number of hydrogen-bond acceptors (Lipinski definition) is 7. The smallest absolute Gasteiger partial charge is 0.261 e. The second-order valence-corrected chi connectivity index (χ2v) is 7.03. The lowest BCUT2D eigenvalue weighted by molar-refractivity contribution is 0.0631. The lowest BCUT2D eigenvalue weighted by atomic mass is 10.1. The second kappa shape index (κ2) is 9.44. The molecule has 0 saturated heterocycles. The van der Waals surface area contributed by atoms with Crippen molar-refractivity contribution in [1.29, 1.82) is 0 Å². The largest absolute Gasteiger partial charge is 0.475 e. The van der Waals surface area contributed by atoms with E-state index in [-0.39, 0.29) is 35.7 Å². The van der Waals surface area contributed by atoms with Crippen molar-refractivity contribution in [3.63, 3.8) is 0 Å². The Kier molecular flexibility index (Phi) is 6.27. The van der Waals surface area contributed by atoms with Crippen molar-refractivity contribution in [2.45, 2.75) is 13.1 Å². The van der Waals surface area contributed by atoms with Gasteiger partial charge < -0.3 is 19.2 Å². The minimum atomic E-state index is -0.461. The fraction of sp³-hybridized carbons (Fsp3) is 0.217. The summed E-state index contributed by atoms with van der Waals surface area (Å²) in [5, 5.41) is 2.80. The number of nitrogens with zero attached hydrogens (tertiary/aromatic N) is 2. The summed E-state index contributed by atoms with van der Waals surface area (Å²) in [4.78, 5) is 43.3. The van der Waals surface area contributed by atoms with Gasteiger partial charge in [-0.05, 0) is 36.4 Å². The maximum absolute atomic E-state index is 12.8. The lowest BCUT2D eigenvalue weighted by Gasteiger charge is -2.11. The van der Waals surface area contributed by atoms with Crippen LogP contribution in [0.15, 0.2) is 59.3 Å². The van der Waals surface area contributed by atoms with Gasteiger partial charge in [0.1, 0.15) is 12.4 Å². The number of carbonyl (C=O) groups excluding carboxylic acids is 3. The first-order valence-corrected chi connectivity index (χ1v) is 9.95. The van der Waals surface area contributed by atoms with E-state index in [1.807, 2.05) is 0 Å². The molecule has 0 unspecified atom stereocenters. The number of amides is 3. The van der Waals surface area contributed by atoms with Crippen LogP contribution in [0.25, 0.3) is 0 Å². The van der Waals surface area contributed by atoms with Crippen LogP contribution in [0.5, 0.6) is 5.88 Å². The van der Waals surface area contributed by atoms with Crippen molar-refractivity contribution >= 4 is 17.7 Å². The van der Waals surface area contributed by atoms with Crippen molar-refractivity contribution in [1.82, 2.24) is 15.2 Å². The van der Waals surface area contributed by atoms with Crippen molar-refractivity contribution in [2.75, 3.05) is 20.3 Å². The maximum Gasteiger partial charge on any atom is 0.261 e. The van der Waals surface area contributed by atoms with Crippen molar-refractivity contribution in [3.05, 3.63) is 82.9 Å². The molecule has 0 radical (unpaired) electrons. The number of benzene rings is 1. The molecule has 1 aliphatic heterocycles. The lowest BCUT2D eigenvalue weighted by Crippen LogP contribution is -2.28. The Morgan fingerprint density at radius 2 is 1.94 bits per heavy atom. The maximum atomic E-state index is 12.8. The zero-order chi connectivity index (χ0) is 22.5. The Bertz CT molecular complexity index is 1140. The standard InChI is InChI=1S/C23H21N3O6/c1-30-10-11-32-21-16(4-2-8-24-21)13-25-20(27)15-6-7-18-19(12-15)23(29)26(22(18)28)14-17-5-3-9-31-17/h2-9,12H,10-11,13-14H2,1H3,(H,25,27). The average molecular weight is 435 g/mol. The molecule has 9 nitrogen and oxygen atoms in total. The number of rotatable bonds is 9. The normalized spacial score (nSPS) is 12.7. The molecule has 0 fully saturated rings. The van der Waals surface area contributed by atoms with Crippen LogP contribution in [0, 0.1) is 0 Å². The van der Waals surface area contributed by atoms with E-state index in [9.17, 15) is 14.4 Å². The van der Waals surface area contributed by atoms with Gasteiger partial charge in [-0.25, -0.2) is 4.98 Å². The highest BCUT2D eigenvalue weighted by Gasteiger charge is 2.36. The van der Waals surface area contributed by atoms with Gasteiger partial charge in [-0.15, -0.1) is 0 Å². The fourth-order valence-corrected chi connectivity index (χ4v) is 3.32. The minimum Gasteiger partial charge on any atom is -0.475 e. The highest BCUT2D eigenvalue weighted by molar-refractivity contribution is 6.22. The summed E-state index contributed by atoms with van der Waals surface area (Å²) in [5.41, 5.74) is 1.43. The van der Waals surface area contributed by atoms with E-state index in [0.717, 1.165) is 4.90 Å². The second-order valence-electron chi connectivity index (χ2n) is 7.03. The van der Waals surface area contributed by atoms with Gasteiger partial charge >= 0.3 is 0 Å². The third-order valence-electron chi connectivity index (χ3n) is 4.94. The quantitative estimate of drug-likeness (QED) is 0.406. The molecule has 0 bridgehead atoms. The molecule has 0 aliphatic carbocycles. The minimum absolute atomic E-state index is 0.0354. The SMILES string of the molecule is COCCOc1ncccc1CNC(=O)c1ccc2c(c1)C(=O)N(Cc1ccco1)C2=O. The summed E-state index contributed by atoms with van der Waals surface area (Å²) in [5.74, 6) is -0.353. The van der Waals surface area contributed by atoms with Gasteiger partial charge in [-0.3, -0.25) is 19.3 Å². The molecule has 3 heterocycles. The molecule has 3 amide bonds. The highest BCUT2D eigenvalue weighted by Crippen LogP contribution is 2.26. The number of fused-ring (bicyclic) bond motifs is 1. The molecule has 1 aliphatic rings. The zero-order valence-electron chi connectivity index (χ0n) is 17.4. The van der Waals surface area contributed by atoms with Crippen LogP contribution >= 0.6 is 0 Å². The Morgan fingerprint density at radius 3 is 2.72 bits per heavy atom. The van der Waals surface area contributed by atoms with Crippen LogP contribution in [0.1, 0.15) is 42.4 Å². The number of imide groups is 1. The predicted molar refractivity (Wildman–Crippen MR) is 112 cm³/mol. The Morgan fingerprint density at radius 1 is 1.09 bits per heavy atom. The van der Waals surface area contributed by atoms with E-state index in [1.165, 1.54) is 24.5 Å². The third-order valence-corrected chi connectivity index (χ3v) is 4.94. The van der Waals surface area contributed by atoms with Crippen LogP contribution in [-0.2, 0) is 17.8 Å². The summed E-state index contributed by atoms with van der Waals surface area (Å²) in [6.45, 7) is 0.975. The van der Waals surface area contributed by atoms with Crippen LogP contribution < -0.4 is 10.1 Å². The van der Waals surface area contributed by atoms with Gasteiger partial charge in [-0.1, -0.05) is 6.07 Å². The number of carbonyl (C=O) groups is 3. The molecule has 4 rings (SSSR count). The first-order chi connectivity index (χ1) is 15.6. The van der Waals surface area contributed by atoms with Crippen LogP contribution in [0.3, 0.4) is 0 Å². The molecule has 3 aromatic rings. The monoisotopic (exact) mass is 435 g/mol. The average Bonchev–Trinajstić information content (AvgIpc) is 3.41. The van der Waals surface area contributed by atoms with E-state index in [4.69, 9.17) is 13.9 Å². The Labute approximate surface area is 183 Å². The molecule has 0 atom stereocenters. The van der Waals surface area contributed by atoms with Crippen molar-refractivity contribution < 1.29 is 28.3 Å². The molecule has 32 heavy (non-hydrogen) atoms. The number of nitrogens with one attached hydrogen (secondary N) is 1. The van der Waals surface area contributed by atoms with Crippen LogP contribution in [0.4, 0.5) is 0 Å². The number of furan rings is 1. The predicted octanol–water partition coefficient (Wildman–Crippen LogP) is 2.43. The summed E-state index contributed by atoms with van der Waals surface area (Å²) in [6.07, 6.45) is 3.08.